The zero-order valence-electron chi connectivity index (χ0n) is 14.3. The molecule has 4 nitrogen and oxygen atoms in total. The minimum Gasteiger partial charge on any atom is -0.497 e. The van der Waals surface area contributed by atoms with E-state index in [0.717, 1.165) is 11.6 Å². The molecule has 0 heterocycles. The van der Waals surface area contributed by atoms with Crippen LogP contribution in [0.2, 0.25) is 5.02 Å². The topological polar surface area (TPSA) is 50.7 Å². The van der Waals surface area contributed by atoms with Crippen LogP contribution in [0.3, 0.4) is 0 Å². The summed E-state index contributed by atoms with van der Waals surface area (Å²) in [5.74, 6) is 1.63. The van der Waals surface area contributed by atoms with E-state index >= 15 is 0 Å². The SMILES string of the molecule is COc1ccc(OC)c([C@@H](O)CNC[C@@H](C)c2cccc(Cl)c2)c1. The molecule has 5 heteroatoms. The van der Waals surface area contributed by atoms with Gasteiger partial charge in [-0.25, -0.2) is 0 Å². The summed E-state index contributed by atoms with van der Waals surface area (Å²) in [4.78, 5) is 0. The number of rotatable bonds is 8. The minimum absolute atomic E-state index is 0.295. The summed E-state index contributed by atoms with van der Waals surface area (Å²) in [6, 6.07) is 13.2. The lowest BCUT2D eigenvalue weighted by atomic mass is 10.0. The lowest BCUT2D eigenvalue weighted by Gasteiger charge is -2.18. The van der Waals surface area contributed by atoms with Gasteiger partial charge in [0, 0.05) is 23.7 Å². The van der Waals surface area contributed by atoms with E-state index in [2.05, 4.69) is 18.3 Å². The van der Waals surface area contributed by atoms with Crippen molar-refractivity contribution in [3.8, 4) is 11.5 Å². The van der Waals surface area contributed by atoms with Gasteiger partial charge in [-0.3, -0.25) is 0 Å². The van der Waals surface area contributed by atoms with Crippen LogP contribution >= 0.6 is 11.6 Å². The molecule has 0 aromatic heterocycles. The molecule has 0 aliphatic rings. The second kappa shape index (κ2) is 8.92. The first-order chi connectivity index (χ1) is 11.5. The van der Waals surface area contributed by atoms with Crippen LogP contribution in [0.15, 0.2) is 42.5 Å². The molecule has 0 fully saturated rings. The van der Waals surface area contributed by atoms with E-state index in [1.807, 2.05) is 24.3 Å². The van der Waals surface area contributed by atoms with Gasteiger partial charge in [0.05, 0.1) is 20.3 Å². The molecule has 130 valence electrons. The fourth-order valence-corrected chi connectivity index (χ4v) is 2.78. The van der Waals surface area contributed by atoms with Gasteiger partial charge >= 0.3 is 0 Å². The van der Waals surface area contributed by atoms with Gasteiger partial charge in [-0.2, -0.15) is 0 Å². The minimum atomic E-state index is -0.679. The molecule has 2 aromatic rings. The third kappa shape index (κ3) is 4.87. The first-order valence-electron chi connectivity index (χ1n) is 7.91. The second-order valence-electron chi connectivity index (χ2n) is 5.74. The summed E-state index contributed by atoms with van der Waals surface area (Å²) < 4.78 is 10.5. The first-order valence-corrected chi connectivity index (χ1v) is 8.29. The van der Waals surface area contributed by atoms with E-state index < -0.39 is 6.10 Å². The van der Waals surface area contributed by atoms with Crippen molar-refractivity contribution < 1.29 is 14.6 Å². The van der Waals surface area contributed by atoms with Gasteiger partial charge < -0.3 is 19.9 Å². The third-order valence-electron chi connectivity index (χ3n) is 4.00. The van der Waals surface area contributed by atoms with Crippen LogP contribution < -0.4 is 14.8 Å². The Balaban J connectivity index is 1.94. The molecule has 2 rings (SSSR count). The molecule has 0 saturated heterocycles. The van der Waals surface area contributed by atoms with Crippen molar-refractivity contribution in [2.45, 2.75) is 18.9 Å². The summed E-state index contributed by atoms with van der Waals surface area (Å²) in [5, 5.41) is 14.5. The molecule has 2 aromatic carbocycles. The highest BCUT2D eigenvalue weighted by atomic mass is 35.5. The molecular formula is C19H24ClNO3. The standard InChI is InChI=1S/C19H24ClNO3/c1-13(14-5-4-6-15(20)9-14)11-21-12-18(22)17-10-16(23-2)7-8-19(17)24-3/h4-10,13,18,21-22H,11-12H2,1-3H3/t13-,18+/m1/s1. The molecular weight excluding hydrogens is 326 g/mol. The Morgan fingerprint density at radius 1 is 1.08 bits per heavy atom. The van der Waals surface area contributed by atoms with E-state index in [1.54, 1.807) is 26.4 Å². The number of methoxy groups -OCH3 is 2. The van der Waals surface area contributed by atoms with Gasteiger partial charge in [-0.1, -0.05) is 30.7 Å². The van der Waals surface area contributed by atoms with Crippen LogP contribution in [0.4, 0.5) is 0 Å². The Morgan fingerprint density at radius 2 is 1.88 bits per heavy atom. The summed E-state index contributed by atoms with van der Waals surface area (Å²) in [6.45, 7) is 3.29. The first kappa shape index (κ1) is 18.6. The van der Waals surface area contributed by atoms with Gasteiger partial charge in [0.25, 0.3) is 0 Å². The molecule has 0 radical (unpaired) electrons. The molecule has 2 atom stereocenters. The summed E-state index contributed by atoms with van der Waals surface area (Å²) in [6.07, 6.45) is -0.679. The van der Waals surface area contributed by atoms with Crippen LogP contribution in [0, 0.1) is 0 Å². The maximum absolute atomic E-state index is 10.5. The smallest absolute Gasteiger partial charge is 0.124 e. The van der Waals surface area contributed by atoms with Crippen molar-refractivity contribution in [2.24, 2.45) is 0 Å². The number of halogens is 1. The van der Waals surface area contributed by atoms with Crippen molar-refractivity contribution in [2.75, 3.05) is 27.3 Å². The van der Waals surface area contributed by atoms with Crippen molar-refractivity contribution in [1.29, 1.82) is 0 Å². The number of aliphatic hydroxyl groups excluding tert-OH is 1. The highest BCUT2D eigenvalue weighted by Gasteiger charge is 2.15. The van der Waals surface area contributed by atoms with Crippen LogP contribution in [-0.2, 0) is 0 Å². The number of nitrogens with one attached hydrogen (secondary N) is 1. The van der Waals surface area contributed by atoms with Crippen LogP contribution in [0.1, 0.15) is 30.1 Å². The number of benzene rings is 2. The van der Waals surface area contributed by atoms with Gasteiger partial charge in [-0.05, 0) is 41.8 Å². The predicted molar refractivity (Wildman–Crippen MR) is 97.2 cm³/mol. The Labute approximate surface area is 148 Å². The molecule has 0 aliphatic carbocycles. The maximum Gasteiger partial charge on any atom is 0.124 e. The average Bonchev–Trinajstić information content (AvgIpc) is 2.60. The zero-order valence-corrected chi connectivity index (χ0v) is 15.0. The Bertz CT molecular complexity index is 663. The highest BCUT2D eigenvalue weighted by molar-refractivity contribution is 6.30. The van der Waals surface area contributed by atoms with E-state index in [-0.39, 0.29) is 0 Å². The number of hydrogen-bond acceptors (Lipinski definition) is 4. The molecule has 2 N–H and O–H groups in total. The molecule has 0 bridgehead atoms. The summed E-state index contributed by atoms with van der Waals surface area (Å²) >= 11 is 6.03. The quantitative estimate of drug-likeness (QED) is 0.761. The second-order valence-corrected chi connectivity index (χ2v) is 6.17. The highest BCUT2D eigenvalue weighted by Crippen LogP contribution is 2.29. The molecule has 0 spiro atoms. The molecule has 0 amide bonds. The summed E-state index contributed by atoms with van der Waals surface area (Å²) in [5.41, 5.74) is 1.88. The Kier molecular flexibility index (Phi) is 6.91. The lowest BCUT2D eigenvalue weighted by Crippen LogP contribution is -2.25. The number of hydrogen-bond donors (Lipinski definition) is 2. The van der Waals surface area contributed by atoms with Crippen LogP contribution in [0.25, 0.3) is 0 Å². The van der Waals surface area contributed by atoms with E-state index in [4.69, 9.17) is 21.1 Å². The largest absolute Gasteiger partial charge is 0.497 e. The van der Waals surface area contributed by atoms with E-state index in [9.17, 15) is 5.11 Å². The monoisotopic (exact) mass is 349 g/mol. The van der Waals surface area contributed by atoms with Crippen molar-refractivity contribution in [3.63, 3.8) is 0 Å². The number of aliphatic hydroxyl groups is 1. The lowest BCUT2D eigenvalue weighted by molar-refractivity contribution is 0.169. The van der Waals surface area contributed by atoms with Gasteiger partial charge in [0.15, 0.2) is 0 Å². The Morgan fingerprint density at radius 3 is 2.54 bits per heavy atom. The fraction of sp³-hybridized carbons (Fsp3) is 0.368. The van der Waals surface area contributed by atoms with E-state index in [0.29, 0.717) is 29.5 Å². The van der Waals surface area contributed by atoms with Crippen molar-refractivity contribution in [3.05, 3.63) is 58.6 Å². The van der Waals surface area contributed by atoms with E-state index in [1.165, 1.54) is 5.56 Å². The van der Waals surface area contributed by atoms with Crippen LogP contribution in [0.5, 0.6) is 11.5 Å². The maximum atomic E-state index is 10.5. The fourth-order valence-electron chi connectivity index (χ4n) is 2.58. The third-order valence-corrected chi connectivity index (χ3v) is 4.24. The predicted octanol–water partition coefficient (Wildman–Crippen LogP) is 3.78. The molecule has 24 heavy (non-hydrogen) atoms. The normalized spacial score (nSPS) is 13.4. The van der Waals surface area contributed by atoms with Gasteiger partial charge in [0.2, 0.25) is 0 Å². The Hall–Kier alpha value is -1.75. The molecule has 0 saturated carbocycles. The molecule has 0 unspecified atom stereocenters. The van der Waals surface area contributed by atoms with Crippen molar-refractivity contribution in [1.82, 2.24) is 5.32 Å². The average molecular weight is 350 g/mol. The van der Waals surface area contributed by atoms with Crippen molar-refractivity contribution >= 4 is 11.6 Å². The zero-order chi connectivity index (χ0) is 17.5. The molecule has 0 aliphatic heterocycles. The number of ether oxygens (including phenoxy) is 2. The summed E-state index contributed by atoms with van der Waals surface area (Å²) in [7, 11) is 3.19. The van der Waals surface area contributed by atoms with Gasteiger partial charge in [0.1, 0.15) is 11.5 Å². The van der Waals surface area contributed by atoms with Crippen LogP contribution in [-0.4, -0.2) is 32.4 Å². The van der Waals surface area contributed by atoms with Gasteiger partial charge in [-0.15, -0.1) is 0 Å².